The summed E-state index contributed by atoms with van der Waals surface area (Å²) in [4.78, 5) is 22.1. The number of hydrogen-bond acceptors (Lipinski definition) is 4. The lowest BCUT2D eigenvalue weighted by atomic mass is 10.0. The minimum absolute atomic E-state index is 0.0347. The van der Waals surface area contributed by atoms with Crippen LogP contribution in [0.1, 0.15) is 32.7 Å². The number of benzene rings is 2. The summed E-state index contributed by atoms with van der Waals surface area (Å²) in [5.41, 5.74) is 2.96. The fraction of sp³-hybridized carbons (Fsp3) is 0.273. The van der Waals surface area contributed by atoms with E-state index in [4.69, 9.17) is 0 Å². The maximum atomic E-state index is 13.2. The van der Waals surface area contributed by atoms with E-state index in [-0.39, 0.29) is 11.9 Å². The molecule has 138 valence electrons. The second-order valence-corrected chi connectivity index (χ2v) is 7.92. The van der Waals surface area contributed by atoms with Crippen molar-refractivity contribution in [2.45, 2.75) is 12.5 Å². The Hall–Kier alpha value is -2.50. The van der Waals surface area contributed by atoms with Gasteiger partial charge in [0.25, 0.3) is 5.91 Å². The number of aromatic nitrogens is 1. The number of likely N-dealkylation sites (N-methyl/N-ethyl adjacent to an activating group) is 1. The molecule has 0 radical (unpaired) electrons. The number of amides is 1. The molecule has 0 bridgehead atoms. The van der Waals surface area contributed by atoms with Crippen LogP contribution in [0.2, 0.25) is 0 Å². The van der Waals surface area contributed by atoms with Gasteiger partial charge in [0.2, 0.25) is 0 Å². The predicted molar refractivity (Wildman–Crippen MR) is 109 cm³/mol. The molecule has 1 atom stereocenters. The fourth-order valence-electron chi connectivity index (χ4n) is 3.53. The first-order valence-electron chi connectivity index (χ1n) is 9.23. The highest BCUT2D eigenvalue weighted by atomic mass is 32.1. The molecule has 27 heavy (non-hydrogen) atoms. The van der Waals surface area contributed by atoms with Crippen LogP contribution in [0, 0.1) is 0 Å². The van der Waals surface area contributed by atoms with E-state index in [9.17, 15) is 4.79 Å². The van der Waals surface area contributed by atoms with Crippen molar-refractivity contribution in [3.05, 3.63) is 87.9 Å². The lowest BCUT2D eigenvalue weighted by Crippen LogP contribution is -2.49. The Labute approximate surface area is 164 Å². The molecule has 1 aliphatic heterocycles. The van der Waals surface area contributed by atoms with Gasteiger partial charge in [-0.1, -0.05) is 60.7 Å². The van der Waals surface area contributed by atoms with E-state index < -0.39 is 0 Å². The van der Waals surface area contributed by atoms with Gasteiger partial charge in [-0.3, -0.25) is 4.79 Å². The van der Waals surface area contributed by atoms with Gasteiger partial charge in [0.15, 0.2) is 0 Å². The summed E-state index contributed by atoms with van der Waals surface area (Å²) in [6, 6.07) is 20.6. The number of piperazine rings is 1. The van der Waals surface area contributed by atoms with Crippen LogP contribution in [0.15, 0.2) is 66.0 Å². The summed E-state index contributed by atoms with van der Waals surface area (Å²) >= 11 is 1.57. The molecule has 0 spiro atoms. The van der Waals surface area contributed by atoms with Gasteiger partial charge in [0.05, 0.1) is 11.0 Å². The smallest absolute Gasteiger partial charge is 0.273 e. The van der Waals surface area contributed by atoms with Crippen molar-refractivity contribution >= 4 is 17.2 Å². The maximum Gasteiger partial charge on any atom is 0.273 e. The summed E-state index contributed by atoms with van der Waals surface area (Å²) in [5.74, 6) is 0.0347. The molecule has 1 amide bonds. The van der Waals surface area contributed by atoms with E-state index in [1.54, 1.807) is 11.3 Å². The largest absolute Gasteiger partial charge is 0.328 e. The standard InChI is InChI=1S/C22H23N3OS/c1-24-12-13-25(20(15-24)18-10-6-3-7-11-18)22(26)19-16-27-21(23-19)14-17-8-4-2-5-9-17/h2-11,16,20H,12-15H2,1H3/t20-/m1/s1. The number of thiazole rings is 1. The average Bonchev–Trinajstić information content (AvgIpc) is 3.17. The van der Waals surface area contributed by atoms with Crippen LogP contribution in [0.5, 0.6) is 0 Å². The van der Waals surface area contributed by atoms with E-state index >= 15 is 0 Å². The number of rotatable bonds is 4. The van der Waals surface area contributed by atoms with E-state index in [2.05, 4.69) is 41.2 Å². The predicted octanol–water partition coefficient (Wildman–Crippen LogP) is 3.86. The van der Waals surface area contributed by atoms with Crippen molar-refractivity contribution in [2.24, 2.45) is 0 Å². The molecular weight excluding hydrogens is 354 g/mol. The van der Waals surface area contributed by atoms with Crippen molar-refractivity contribution in [1.29, 1.82) is 0 Å². The average molecular weight is 378 g/mol. The molecule has 4 nitrogen and oxygen atoms in total. The molecule has 2 aromatic carbocycles. The van der Waals surface area contributed by atoms with Crippen LogP contribution < -0.4 is 0 Å². The van der Waals surface area contributed by atoms with Crippen LogP contribution in [0.3, 0.4) is 0 Å². The first-order chi connectivity index (χ1) is 13.2. The van der Waals surface area contributed by atoms with Gasteiger partial charge in [-0.05, 0) is 18.2 Å². The normalized spacial score (nSPS) is 17.8. The Morgan fingerprint density at radius 3 is 2.52 bits per heavy atom. The van der Waals surface area contributed by atoms with Gasteiger partial charge in [0.1, 0.15) is 5.69 Å². The van der Waals surface area contributed by atoms with E-state index in [1.165, 1.54) is 11.1 Å². The van der Waals surface area contributed by atoms with Crippen LogP contribution >= 0.6 is 11.3 Å². The highest BCUT2D eigenvalue weighted by Crippen LogP contribution is 2.27. The van der Waals surface area contributed by atoms with E-state index in [0.717, 1.165) is 31.1 Å². The lowest BCUT2D eigenvalue weighted by molar-refractivity contribution is 0.0493. The zero-order valence-corrected chi connectivity index (χ0v) is 16.2. The molecule has 5 heteroatoms. The van der Waals surface area contributed by atoms with Gasteiger partial charge < -0.3 is 9.80 Å². The molecule has 0 aliphatic carbocycles. The van der Waals surface area contributed by atoms with Crippen molar-refractivity contribution < 1.29 is 4.79 Å². The zero-order chi connectivity index (χ0) is 18.6. The minimum Gasteiger partial charge on any atom is -0.328 e. The van der Waals surface area contributed by atoms with Crippen LogP contribution in [-0.4, -0.2) is 47.4 Å². The lowest BCUT2D eigenvalue weighted by Gasteiger charge is -2.40. The Balaban J connectivity index is 1.54. The molecule has 3 aromatic rings. The van der Waals surface area contributed by atoms with Crippen LogP contribution in [-0.2, 0) is 6.42 Å². The highest BCUT2D eigenvalue weighted by Gasteiger charge is 2.31. The Bertz CT molecular complexity index is 894. The van der Waals surface area contributed by atoms with Gasteiger partial charge in [-0.25, -0.2) is 4.98 Å². The van der Waals surface area contributed by atoms with Gasteiger partial charge in [-0.15, -0.1) is 11.3 Å². The maximum absolute atomic E-state index is 13.2. The molecule has 1 aromatic heterocycles. The Kier molecular flexibility index (Phi) is 5.32. The summed E-state index contributed by atoms with van der Waals surface area (Å²) in [5, 5.41) is 2.89. The number of nitrogens with zero attached hydrogens (tertiary/aromatic N) is 3. The van der Waals surface area contributed by atoms with Crippen LogP contribution in [0.25, 0.3) is 0 Å². The monoisotopic (exact) mass is 377 g/mol. The molecule has 0 N–H and O–H groups in total. The summed E-state index contributed by atoms with van der Waals surface area (Å²) in [6.45, 7) is 2.45. The van der Waals surface area contributed by atoms with E-state index in [0.29, 0.717) is 5.69 Å². The number of carbonyl (C=O) groups excluding carboxylic acids is 1. The quantitative estimate of drug-likeness (QED) is 0.693. The van der Waals surface area contributed by atoms with Crippen molar-refractivity contribution in [3.63, 3.8) is 0 Å². The minimum atomic E-state index is 0.0347. The first-order valence-corrected chi connectivity index (χ1v) is 10.1. The molecule has 4 rings (SSSR count). The highest BCUT2D eigenvalue weighted by molar-refractivity contribution is 7.09. The zero-order valence-electron chi connectivity index (χ0n) is 15.4. The second kappa shape index (κ2) is 8.03. The molecular formula is C22H23N3OS. The SMILES string of the molecule is CN1CCN(C(=O)c2csc(Cc3ccccc3)n2)[C@@H](c2ccccc2)C1. The van der Waals surface area contributed by atoms with Gasteiger partial charge in [-0.2, -0.15) is 0 Å². The summed E-state index contributed by atoms with van der Waals surface area (Å²) in [6.07, 6.45) is 0.767. The topological polar surface area (TPSA) is 36.4 Å². The number of hydrogen-bond donors (Lipinski definition) is 0. The van der Waals surface area contributed by atoms with Gasteiger partial charge >= 0.3 is 0 Å². The van der Waals surface area contributed by atoms with Crippen molar-refractivity contribution in [1.82, 2.24) is 14.8 Å². The molecule has 1 fully saturated rings. The molecule has 1 aliphatic rings. The summed E-state index contributed by atoms with van der Waals surface area (Å²) in [7, 11) is 2.11. The molecule has 0 unspecified atom stereocenters. The third kappa shape index (κ3) is 4.10. The molecule has 0 saturated carbocycles. The first kappa shape index (κ1) is 17.9. The van der Waals surface area contributed by atoms with E-state index in [1.807, 2.05) is 46.7 Å². The van der Waals surface area contributed by atoms with Crippen molar-refractivity contribution in [2.75, 3.05) is 26.7 Å². The summed E-state index contributed by atoms with van der Waals surface area (Å²) < 4.78 is 0. The Morgan fingerprint density at radius 2 is 1.78 bits per heavy atom. The molecule has 2 heterocycles. The van der Waals surface area contributed by atoms with Crippen molar-refractivity contribution in [3.8, 4) is 0 Å². The van der Waals surface area contributed by atoms with Gasteiger partial charge in [0, 0.05) is 31.4 Å². The fourth-order valence-corrected chi connectivity index (χ4v) is 4.33. The third-order valence-electron chi connectivity index (χ3n) is 5.00. The third-order valence-corrected chi connectivity index (χ3v) is 5.85. The molecule has 1 saturated heterocycles. The number of carbonyl (C=O) groups is 1. The second-order valence-electron chi connectivity index (χ2n) is 6.98. The Morgan fingerprint density at radius 1 is 1.07 bits per heavy atom. The van der Waals surface area contributed by atoms with Crippen LogP contribution in [0.4, 0.5) is 0 Å².